The largest absolute Gasteiger partial charge is 0.330 e. The topological polar surface area (TPSA) is 98.3 Å². The van der Waals surface area contributed by atoms with Gasteiger partial charge in [-0.05, 0) is 19.0 Å². The molecule has 1 aromatic rings. The summed E-state index contributed by atoms with van der Waals surface area (Å²) in [5.41, 5.74) is 4.83. The molecule has 0 bridgehead atoms. The van der Waals surface area contributed by atoms with E-state index in [1.165, 1.54) is 0 Å². The van der Waals surface area contributed by atoms with Crippen molar-refractivity contribution in [3.8, 4) is 0 Å². The lowest BCUT2D eigenvalue weighted by Crippen LogP contribution is -2.23. The summed E-state index contributed by atoms with van der Waals surface area (Å²) >= 11 is 0. The van der Waals surface area contributed by atoms with Crippen molar-refractivity contribution in [3.05, 3.63) is 34.1 Å². The zero-order chi connectivity index (χ0) is 13.7. The molecule has 18 heavy (non-hydrogen) atoms. The van der Waals surface area contributed by atoms with Crippen LogP contribution in [0, 0.1) is 21.8 Å². The fraction of sp³-hybridized carbons (Fsp3) is 0.364. The first kappa shape index (κ1) is 14.0. The summed E-state index contributed by atoms with van der Waals surface area (Å²) in [4.78, 5) is 21.7. The second-order valence-corrected chi connectivity index (χ2v) is 3.89. The monoisotopic (exact) mass is 255 g/mol. The van der Waals surface area contributed by atoms with E-state index in [4.69, 9.17) is 5.73 Å². The quantitative estimate of drug-likeness (QED) is 0.617. The number of nitro benzene ring substituents is 1. The number of nitro groups is 1. The summed E-state index contributed by atoms with van der Waals surface area (Å²) in [7, 11) is 0. The predicted octanol–water partition coefficient (Wildman–Crippen LogP) is 1.66. The van der Waals surface area contributed by atoms with E-state index < -0.39 is 22.6 Å². The average molecular weight is 255 g/mol. The minimum absolute atomic E-state index is 0.145. The van der Waals surface area contributed by atoms with Crippen molar-refractivity contribution in [2.24, 2.45) is 11.7 Å². The Kier molecular flexibility index (Phi) is 4.73. The second kappa shape index (κ2) is 6.06. The normalized spacial score (nSPS) is 11.9. The van der Waals surface area contributed by atoms with Crippen molar-refractivity contribution >= 4 is 17.3 Å². The molecule has 0 saturated carbocycles. The van der Waals surface area contributed by atoms with Crippen LogP contribution >= 0.6 is 0 Å². The Hall–Kier alpha value is -2.02. The van der Waals surface area contributed by atoms with Crippen molar-refractivity contribution in [1.29, 1.82) is 0 Å². The van der Waals surface area contributed by atoms with Crippen LogP contribution in [0.5, 0.6) is 0 Å². The number of nitrogens with zero attached hydrogens (tertiary/aromatic N) is 1. The molecule has 0 heterocycles. The van der Waals surface area contributed by atoms with Crippen LogP contribution < -0.4 is 11.1 Å². The van der Waals surface area contributed by atoms with Crippen molar-refractivity contribution in [2.45, 2.75) is 13.3 Å². The fourth-order valence-electron chi connectivity index (χ4n) is 1.40. The van der Waals surface area contributed by atoms with Gasteiger partial charge in [-0.2, -0.15) is 0 Å². The van der Waals surface area contributed by atoms with E-state index in [2.05, 4.69) is 5.32 Å². The molecule has 1 rings (SSSR count). The van der Waals surface area contributed by atoms with Gasteiger partial charge in [0, 0.05) is 18.1 Å². The Morgan fingerprint density at radius 2 is 2.28 bits per heavy atom. The average Bonchev–Trinajstić information content (AvgIpc) is 2.28. The van der Waals surface area contributed by atoms with Crippen molar-refractivity contribution < 1.29 is 14.1 Å². The molecular weight excluding hydrogens is 241 g/mol. The lowest BCUT2D eigenvalue weighted by molar-refractivity contribution is -0.384. The van der Waals surface area contributed by atoms with E-state index in [0.717, 1.165) is 18.2 Å². The van der Waals surface area contributed by atoms with E-state index in [0.29, 0.717) is 13.0 Å². The molecule has 3 N–H and O–H groups in total. The maximum absolute atomic E-state index is 13.0. The highest BCUT2D eigenvalue weighted by molar-refractivity contribution is 5.94. The van der Waals surface area contributed by atoms with Gasteiger partial charge < -0.3 is 11.1 Å². The summed E-state index contributed by atoms with van der Waals surface area (Å²) < 4.78 is 13.0. The number of carbonyl (C=O) groups excluding carboxylic acids is 1. The Balaban J connectivity index is 2.92. The lowest BCUT2D eigenvalue weighted by Gasteiger charge is -2.11. The molecule has 1 aromatic carbocycles. The molecule has 0 radical (unpaired) electrons. The van der Waals surface area contributed by atoms with E-state index in [9.17, 15) is 19.3 Å². The van der Waals surface area contributed by atoms with Gasteiger partial charge in [-0.25, -0.2) is 4.39 Å². The lowest BCUT2D eigenvalue weighted by atomic mass is 10.1. The van der Waals surface area contributed by atoms with E-state index in [-0.39, 0.29) is 11.4 Å². The molecule has 0 spiro atoms. The Bertz CT molecular complexity index is 465. The highest BCUT2D eigenvalue weighted by atomic mass is 19.1. The van der Waals surface area contributed by atoms with Crippen LogP contribution in [-0.4, -0.2) is 17.4 Å². The van der Waals surface area contributed by atoms with Crippen molar-refractivity contribution in [3.63, 3.8) is 0 Å². The highest BCUT2D eigenvalue weighted by Gasteiger charge is 2.19. The summed E-state index contributed by atoms with van der Waals surface area (Å²) in [6.07, 6.45) is 0.453. The summed E-state index contributed by atoms with van der Waals surface area (Å²) in [5.74, 6) is -1.46. The number of benzene rings is 1. The van der Waals surface area contributed by atoms with Crippen LogP contribution in [0.1, 0.15) is 13.3 Å². The van der Waals surface area contributed by atoms with E-state index in [1.54, 1.807) is 6.92 Å². The van der Waals surface area contributed by atoms with Gasteiger partial charge in [0.15, 0.2) is 0 Å². The molecule has 0 aliphatic carbocycles. The maximum atomic E-state index is 13.0. The SMILES string of the molecule is CC(CCN)C(=O)Nc1cc(F)ccc1[N+](=O)[O-]. The van der Waals surface area contributed by atoms with Crippen LogP contribution in [0.4, 0.5) is 15.8 Å². The number of nitrogens with two attached hydrogens (primary N) is 1. The predicted molar refractivity (Wildman–Crippen MR) is 64.5 cm³/mol. The molecule has 7 heteroatoms. The Morgan fingerprint density at radius 1 is 1.61 bits per heavy atom. The third kappa shape index (κ3) is 3.49. The smallest absolute Gasteiger partial charge is 0.292 e. The molecule has 0 aromatic heterocycles. The maximum Gasteiger partial charge on any atom is 0.292 e. The number of hydrogen-bond donors (Lipinski definition) is 2. The Morgan fingerprint density at radius 3 is 2.83 bits per heavy atom. The number of halogens is 1. The number of nitrogens with one attached hydrogen (secondary N) is 1. The van der Waals surface area contributed by atoms with Crippen LogP contribution in [-0.2, 0) is 4.79 Å². The van der Waals surface area contributed by atoms with Gasteiger partial charge in [0.1, 0.15) is 11.5 Å². The van der Waals surface area contributed by atoms with Gasteiger partial charge >= 0.3 is 0 Å². The molecule has 6 nitrogen and oxygen atoms in total. The van der Waals surface area contributed by atoms with Gasteiger partial charge in [-0.15, -0.1) is 0 Å². The summed E-state index contributed by atoms with van der Waals surface area (Å²) in [6, 6.07) is 2.90. The first-order valence-corrected chi connectivity index (χ1v) is 5.40. The zero-order valence-electron chi connectivity index (χ0n) is 9.85. The molecule has 1 atom stereocenters. The van der Waals surface area contributed by atoms with Crippen molar-refractivity contribution in [1.82, 2.24) is 0 Å². The summed E-state index contributed by atoms with van der Waals surface area (Å²) in [6.45, 7) is 1.98. The minimum Gasteiger partial charge on any atom is -0.330 e. The first-order chi connectivity index (χ1) is 8.45. The van der Waals surface area contributed by atoms with Crippen molar-refractivity contribution in [2.75, 3.05) is 11.9 Å². The van der Waals surface area contributed by atoms with Gasteiger partial charge in [0.05, 0.1) is 4.92 Å². The van der Waals surface area contributed by atoms with E-state index in [1.807, 2.05) is 0 Å². The third-order valence-corrected chi connectivity index (χ3v) is 2.46. The molecule has 98 valence electrons. The van der Waals surface area contributed by atoms with Crippen LogP contribution in [0.15, 0.2) is 18.2 Å². The van der Waals surface area contributed by atoms with E-state index >= 15 is 0 Å². The number of carbonyl (C=O) groups is 1. The Labute approximate surface area is 103 Å². The van der Waals surface area contributed by atoms with Crippen LogP contribution in [0.3, 0.4) is 0 Å². The molecular formula is C11H14FN3O3. The number of anilines is 1. The fourth-order valence-corrected chi connectivity index (χ4v) is 1.40. The van der Waals surface area contributed by atoms with Gasteiger partial charge in [-0.1, -0.05) is 6.92 Å². The number of hydrogen-bond acceptors (Lipinski definition) is 4. The molecule has 0 saturated heterocycles. The molecule has 1 unspecified atom stereocenters. The number of rotatable bonds is 5. The molecule has 0 aliphatic heterocycles. The van der Waals surface area contributed by atoms with Crippen LogP contribution in [0.25, 0.3) is 0 Å². The van der Waals surface area contributed by atoms with Crippen LogP contribution in [0.2, 0.25) is 0 Å². The van der Waals surface area contributed by atoms with Gasteiger partial charge in [0.2, 0.25) is 5.91 Å². The molecule has 0 aliphatic rings. The zero-order valence-corrected chi connectivity index (χ0v) is 9.85. The molecule has 1 amide bonds. The number of amides is 1. The second-order valence-electron chi connectivity index (χ2n) is 3.89. The standard InChI is InChI=1S/C11H14FN3O3/c1-7(4-5-13)11(16)14-9-6-8(12)2-3-10(9)15(17)18/h2-3,6-7H,4-5,13H2,1H3,(H,14,16). The first-order valence-electron chi connectivity index (χ1n) is 5.40. The van der Waals surface area contributed by atoms with Gasteiger partial charge in [-0.3, -0.25) is 14.9 Å². The van der Waals surface area contributed by atoms with Gasteiger partial charge in [0.25, 0.3) is 5.69 Å². The third-order valence-electron chi connectivity index (χ3n) is 2.46. The molecule has 0 fully saturated rings. The summed E-state index contributed by atoms with van der Waals surface area (Å²) in [5, 5.41) is 13.1. The highest BCUT2D eigenvalue weighted by Crippen LogP contribution is 2.25. The minimum atomic E-state index is -0.678.